The summed E-state index contributed by atoms with van der Waals surface area (Å²) in [6.07, 6.45) is 6.51. The molecule has 0 spiro atoms. The molecule has 0 aliphatic rings. The number of nitrogens with zero attached hydrogens (tertiary/aromatic N) is 3. The molecule has 3 N–H and O–H groups in total. The zero-order valence-corrected chi connectivity index (χ0v) is 9.08. The first kappa shape index (κ1) is 11.3. The van der Waals surface area contributed by atoms with Gasteiger partial charge < -0.3 is 15.4 Å². The van der Waals surface area contributed by atoms with Gasteiger partial charge in [-0.15, -0.1) is 0 Å². The molecule has 1 amide bonds. The Morgan fingerprint density at radius 1 is 1.47 bits per heavy atom. The summed E-state index contributed by atoms with van der Waals surface area (Å²) in [5, 5.41) is 8.63. The van der Waals surface area contributed by atoms with E-state index in [-0.39, 0.29) is 6.61 Å². The SMILES string of the molecule is NC(=O)c1cnc2c(c1)ncn2CC=CCO. The third-order valence-corrected chi connectivity index (χ3v) is 2.31. The largest absolute Gasteiger partial charge is 0.392 e. The van der Waals surface area contributed by atoms with Gasteiger partial charge in [0.1, 0.15) is 5.52 Å². The maximum atomic E-state index is 11.0. The van der Waals surface area contributed by atoms with E-state index in [1.165, 1.54) is 6.20 Å². The predicted octanol–water partition coefficient (Wildman–Crippen LogP) is 0.0787. The van der Waals surface area contributed by atoms with Crippen LogP contribution in [0.15, 0.2) is 30.7 Å². The Kier molecular flexibility index (Phi) is 3.15. The Morgan fingerprint density at radius 3 is 3.00 bits per heavy atom. The third-order valence-electron chi connectivity index (χ3n) is 2.31. The van der Waals surface area contributed by atoms with Crippen molar-refractivity contribution in [1.82, 2.24) is 14.5 Å². The van der Waals surface area contributed by atoms with Crippen LogP contribution in [0.1, 0.15) is 10.4 Å². The first-order valence-corrected chi connectivity index (χ1v) is 5.09. The number of nitrogens with two attached hydrogens (primary N) is 1. The second-order valence-electron chi connectivity index (χ2n) is 3.48. The minimum absolute atomic E-state index is 0.00584. The molecule has 0 saturated heterocycles. The average molecular weight is 232 g/mol. The number of rotatable bonds is 4. The fourth-order valence-corrected chi connectivity index (χ4v) is 1.48. The van der Waals surface area contributed by atoms with E-state index in [9.17, 15) is 4.79 Å². The highest BCUT2D eigenvalue weighted by Gasteiger charge is 2.06. The molecule has 0 atom stereocenters. The third kappa shape index (κ3) is 2.31. The van der Waals surface area contributed by atoms with Crippen LogP contribution in [0.25, 0.3) is 11.2 Å². The molecule has 2 heterocycles. The molecule has 6 nitrogen and oxygen atoms in total. The minimum Gasteiger partial charge on any atom is -0.392 e. The van der Waals surface area contributed by atoms with Gasteiger partial charge in [-0.25, -0.2) is 9.97 Å². The summed E-state index contributed by atoms with van der Waals surface area (Å²) < 4.78 is 1.81. The van der Waals surface area contributed by atoms with Crippen LogP contribution in [-0.2, 0) is 6.54 Å². The molecular formula is C11H12N4O2. The van der Waals surface area contributed by atoms with E-state index >= 15 is 0 Å². The number of imidazole rings is 1. The van der Waals surface area contributed by atoms with E-state index in [4.69, 9.17) is 10.8 Å². The van der Waals surface area contributed by atoms with Gasteiger partial charge in [-0.05, 0) is 6.07 Å². The van der Waals surface area contributed by atoms with E-state index in [0.29, 0.717) is 23.3 Å². The monoisotopic (exact) mass is 232 g/mol. The number of allylic oxidation sites excluding steroid dienone is 1. The number of amides is 1. The van der Waals surface area contributed by atoms with Gasteiger partial charge in [0.25, 0.3) is 0 Å². The molecule has 0 unspecified atom stereocenters. The topological polar surface area (TPSA) is 94.0 Å². The fraction of sp³-hybridized carbons (Fsp3) is 0.182. The quantitative estimate of drug-likeness (QED) is 0.730. The van der Waals surface area contributed by atoms with Crippen molar-refractivity contribution in [1.29, 1.82) is 0 Å². The molecule has 6 heteroatoms. The Hall–Kier alpha value is -2.21. The number of aliphatic hydroxyl groups excluding tert-OH is 1. The lowest BCUT2D eigenvalue weighted by Crippen LogP contribution is -2.11. The highest BCUT2D eigenvalue weighted by molar-refractivity contribution is 5.95. The summed E-state index contributed by atoms with van der Waals surface area (Å²) in [5.74, 6) is -0.519. The molecule has 0 aromatic carbocycles. The zero-order valence-electron chi connectivity index (χ0n) is 9.08. The van der Waals surface area contributed by atoms with Crippen LogP contribution < -0.4 is 5.73 Å². The fourth-order valence-electron chi connectivity index (χ4n) is 1.48. The van der Waals surface area contributed by atoms with Gasteiger partial charge in [-0.2, -0.15) is 0 Å². The standard InChI is InChI=1S/C11H12N4O2/c12-10(17)8-5-9-11(13-6-8)15(7-14-9)3-1-2-4-16/h1-2,5-7,16H,3-4H2,(H2,12,17). The van der Waals surface area contributed by atoms with E-state index in [2.05, 4.69) is 9.97 Å². The Labute approximate surface area is 97.4 Å². The van der Waals surface area contributed by atoms with Crippen LogP contribution in [0.2, 0.25) is 0 Å². The van der Waals surface area contributed by atoms with Gasteiger partial charge in [0, 0.05) is 12.7 Å². The maximum Gasteiger partial charge on any atom is 0.250 e. The number of carbonyl (C=O) groups excluding carboxylic acids is 1. The molecule has 17 heavy (non-hydrogen) atoms. The molecule has 0 saturated carbocycles. The summed E-state index contributed by atoms with van der Waals surface area (Å²) in [6, 6.07) is 1.61. The second-order valence-corrected chi connectivity index (χ2v) is 3.48. The highest BCUT2D eigenvalue weighted by Crippen LogP contribution is 2.11. The average Bonchev–Trinajstić information content (AvgIpc) is 2.72. The van der Waals surface area contributed by atoms with Crippen LogP contribution in [0.3, 0.4) is 0 Å². The van der Waals surface area contributed by atoms with Crippen molar-refractivity contribution in [3.05, 3.63) is 36.3 Å². The van der Waals surface area contributed by atoms with E-state index in [1.54, 1.807) is 18.5 Å². The number of fused-ring (bicyclic) bond motifs is 1. The smallest absolute Gasteiger partial charge is 0.250 e. The molecule has 0 fully saturated rings. The molecule has 2 aromatic rings. The van der Waals surface area contributed by atoms with Gasteiger partial charge >= 0.3 is 0 Å². The number of carbonyl (C=O) groups is 1. The van der Waals surface area contributed by atoms with E-state index in [1.807, 2.05) is 10.6 Å². The number of aromatic nitrogens is 3. The van der Waals surface area contributed by atoms with Gasteiger partial charge in [-0.3, -0.25) is 4.79 Å². The molecule has 0 aliphatic carbocycles. The van der Waals surface area contributed by atoms with Crippen molar-refractivity contribution in [2.45, 2.75) is 6.54 Å². The van der Waals surface area contributed by atoms with Crippen molar-refractivity contribution in [2.75, 3.05) is 6.61 Å². The van der Waals surface area contributed by atoms with E-state index in [0.717, 1.165) is 0 Å². The van der Waals surface area contributed by atoms with Crippen LogP contribution in [0, 0.1) is 0 Å². The summed E-state index contributed by atoms with van der Waals surface area (Å²) in [5.41, 5.74) is 6.80. The summed E-state index contributed by atoms with van der Waals surface area (Å²) in [4.78, 5) is 19.3. The number of pyridine rings is 1. The number of hydrogen-bond donors (Lipinski definition) is 2. The number of hydrogen-bond acceptors (Lipinski definition) is 4. The van der Waals surface area contributed by atoms with Crippen molar-refractivity contribution < 1.29 is 9.90 Å². The van der Waals surface area contributed by atoms with Crippen molar-refractivity contribution in [3.8, 4) is 0 Å². The summed E-state index contributed by atoms with van der Waals surface area (Å²) in [6.45, 7) is 0.575. The normalized spacial score (nSPS) is 11.4. The zero-order chi connectivity index (χ0) is 12.3. The second kappa shape index (κ2) is 4.75. The molecule has 2 rings (SSSR count). The highest BCUT2D eigenvalue weighted by atomic mass is 16.2. The Morgan fingerprint density at radius 2 is 2.29 bits per heavy atom. The molecule has 0 aliphatic heterocycles. The van der Waals surface area contributed by atoms with Gasteiger partial charge in [0.15, 0.2) is 5.65 Å². The number of aliphatic hydroxyl groups is 1. The first-order chi connectivity index (χ1) is 8.22. The Balaban J connectivity index is 2.34. The minimum atomic E-state index is -0.519. The Bertz CT molecular complexity index is 574. The summed E-state index contributed by atoms with van der Waals surface area (Å²) in [7, 11) is 0. The van der Waals surface area contributed by atoms with Crippen LogP contribution >= 0.6 is 0 Å². The van der Waals surface area contributed by atoms with Crippen LogP contribution in [-0.4, -0.2) is 32.2 Å². The molecule has 0 radical (unpaired) electrons. The first-order valence-electron chi connectivity index (χ1n) is 5.09. The van der Waals surface area contributed by atoms with Gasteiger partial charge in [0.05, 0.1) is 18.5 Å². The lowest BCUT2D eigenvalue weighted by molar-refractivity contribution is 0.1000. The molecule has 88 valence electrons. The van der Waals surface area contributed by atoms with Crippen molar-refractivity contribution >= 4 is 17.1 Å². The molecule has 2 aromatic heterocycles. The number of primary amides is 1. The molecule has 0 bridgehead atoms. The maximum absolute atomic E-state index is 11.0. The lowest BCUT2D eigenvalue weighted by atomic mass is 10.2. The van der Waals surface area contributed by atoms with E-state index < -0.39 is 5.91 Å². The predicted molar refractivity (Wildman–Crippen MR) is 62.3 cm³/mol. The van der Waals surface area contributed by atoms with Crippen LogP contribution in [0.4, 0.5) is 0 Å². The van der Waals surface area contributed by atoms with Crippen molar-refractivity contribution in [2.24, 2.45) is 5.73 Å². The lowest BCUT2D eigenvalue weighted by Gasteiger charge is -1.99. The molecular weight excluding hydrogens is 220 g/mol. The summed E-state index contributed by atoms with van der Waals surface area (Å²) >= 11 is 0. The van der Waals surface area contributed by atoms with Gasteiger partial charge in [0.2, 0.25) is 5.91 Å². The van der Waals surface area contributed by atoms with Crippen molar-refractivity contribution in [3.63, 3.8) is 0 Å². The van der Waals surface area contributed by atoms with Gasteiger partial charge in [-0.1, -0.05) is 12.2 Å². The van der Waals surface area contributed by atoms with Crippen LogP contribution in [0.5, 0.6) is 0 Å².